The highest BCUT2D eigenvalue weighted by Crippen LogP contribution is 2.13. The normalized spacial score (nSPS) is 16.4. The summed E-state index contributed by atoms with van der Waals surface area (Å²) in [5.41, 5.74) is 2.79. The highest BCUT2D eigenvalue weighted by atomic mass is 32.2. The van der Waals surface area contributed by atoms with Crippen LogP contribution in [0.3, 0.4) is 0 Å². The predicted molar refractivity (Wildman–Crippen MR) is 95.9 cm³/mol. The van der Waals surface area contributed by atoms with Gasteiger partial charge >= 0.3 is 6.03 Å². The number of piperazine rings is 1. The Kier molecular flexibility index (Phi) is 6.15. The summed E-state index contributed by atoms with van der Waals surface area (Å²) in [6.07, 6.45) is 1.17. The maximum atomic E-state index is 12.0. The second-order valence-electron chi connectivity index (χ2n) is 6.24. The molecule has 9 heteroatoms. The number of sulfonamides is 1. The first-order valence-electron chi connectivity index (χ1n) is 8.01. The van der Waals surface area contributed by atoms with Gasteiger partial charge in [-0.2, -0.15) is 4.31 Å². The third-order valence-corrected chi connectivity index (χ3v) is 5.49. The molecule has 25 heavy (non-hydrogen) atoms. The molecular formula is C16H24N4O4S. The van der Waals surface area contributed by atoms with Gasteiger partial charge in [-0.05, 0) is 37.1 Å². The zero-order valence-corrected chi connectivity index (χ0v) is 15.5. The molecule has 0 atom stereocenters. The van der Waals surface area contributed by atoms with Crippen molar-refractivity contribution in [2.75, 3.05) is 44.3 Å². The molecule has 0 radical (unpaired) electrons. The van der Waals surface area contributed by atoms with Crippen molar-refractivity contribution in [3.63, 3.8) is 0 Å². The number of imide groups is 1. The quantitative estimate of drug-likeness (QED) is 0.808. The number of rotatable bonds is 4. The first-order chi connectivity index (χ1) is 11.6. The van der Waals surface area contributed by atoms with Gasteiger partial charge in [0.1, 0.15) is 0 Å². The van der Waals surface area contributed by atoms with Gasteiger partial charge in [-0.1, -0.05) is 6.07 Å². The molecule has 1 fully saturated rings. The highest BCUT2D eigenvalue weighted by Gasteiger charge is 2.24. The van der Waals surface area contributed by atoms with Crippen LogP contribution in [-0.4, -0.2) is 68.5 Å². The number of carbonyl (C=O) groups excluding carboxylic acids is 2. The molecule has 0 unspecified atom stereocenters. The maximum absolute atomic E-state index is 12.0. The Hall–Kier alpha value is -1.97. The van der Waals surface area contributed by atoms with E-state index in [0.29, 0.717) is 31.9 Å². The van der Waals surface area contributed by atoms with E-state index < -0.39 is 22.0 Å². The molecule has 0 spiro atoms. The van der Waals surface area contributed by atoms with Gasteiger partial charge in [0, 0.05) is 31.9 Å². The second-order valence-corrected chi connectivity index (χ2v) is 8.22. The van der Waals surface area contributed by atoms with Crippen LogP contribution in [0.15, 0.2) is 18.2 Å². The molecular weight excluding hydrogens is 344 g/mol. The van der Waals surface area contributed by atoms with E-state index in [1.165, 1.54) is 10.6 Å². The number of aryl methyl sites for hydroxylation is 2. The van der Waals surface area contributed by atoms with Crippen molar-refractivity contribution in [2.45, 2.75) is 13.8 Å². The summed E-state index contributed by atoms with van der Waals surface area (Å²) in [4.78, 5) is 25.7. The van der Waals surface area contributed by atoms with E-state index in [9.17, 15) is 18.0 Å². The third-order valence-electron chi connectivity index (χ3n) is 4.19. The molecule has 0 saturated carbocycles. The van der Waals surface area contributed by atoms with E-state index in [1.807, 2.05) is 30.9 Å². The molecule has 1 aliphatic rings. The topological polar surface area (TPSA) is 98.8 Å². The molecule has 1 aromatic carbocycles. The lowest BCUT2D eigenvalue weighted by Gasteiger charge is -2.32. The lowest BCUT2D eigenvalue weighted by Crippen LogP contribution is -2.51. The minimum absolute atomic E-state index is 0.0535. The van der Waals surface area contributed by atoms with Crippen LogP contribution in [0, 0.1) is 13.8 Å². The smallest absolute Gasteiger partial charge is 0.308 e. The summed E-state index contributed by atoms with van der Waals surface area (Å²) in [5.74, 6) is -0.422. The van der Waals surface area contributed by atoms with Crippen molar-refractivity contribution < 1.29 is 18.0 Å². The summed E-state index contributed by atoms with van der Waals surface area (Å²) in [6.45, 7) is 5.59. The Balaban J connectivity index is 1.78. The number of amides is 3. The second kappa shape index (κ2) is 7.94. The summed E-state index contributed by atoms with van der Waals surface area (Å²) in [7, 11) is -3.20. The summed E-state index contributed by atoms with van der Waals surface area (Å²) in [5, 5.41) is 4.92. The molecule has 0 aromatic heterocycles. The number of urea groups is 1. The van der Waals surface area contributed by atoms with Crippen LogP contribution < -0.4 is 10.6 Å². The maximum Gasteiger partial charge on any atom is 0.325 e. The monoisotopic (exact) mass is 368 g/mol. The first kappa shape index (κ1) is 19.4. The lowest BCUT2D eigenvalue weighted by atomic mass is 10.1. The number of anilines is 1. The molecule has 2 rings (SSSR count). The summed E-state index contributed by atoms with van der Waals surface area (Å²) >= 11 is 0. The Morgan fingerprint density at radius 3 is 2.28 bits per heavy atom. The minimum atomic E-state index is -3.20. The minimum Gasteiger partial charge on any atom is -0.308 e. The largest absolute Gasteiger partial charge is 0.325 e. The van der Waals surface area contributed by atoms with E-state index in [1.54, 1.807) is 6.07 Å². The number of hydrogen-bond donors (Lipinski definition) is 2. The standard InChI is InChI=1S/C16H24N4O4S/c1-12-4-5-14(10-13(12)2)17-16(22)18-15(21)11-19-6-8-20(9-7-19)25(3,23)24/h4-5,10H,6-9,11H2,1-3H3,(H2,17,18,21,22). The van der Waals surface area contributed by atoms with E-state index in [4.69, 9.17) is 0 Å². The molecule has 1 saturated heterocycles. The van der Waals surface area contributed by atoms with Crippen LogP contribution in [0.5, 0.6) is 0 Å². The molecule has 0 bridgehead atoms. The molecule has 1 aliphatic heterocycles. The van der Waals surface area contributed by atoms with Gasteiger partial charge in [0.25, 0.3) is 0 Å². The average Bonchev–Trinajstić information content (AvgIpc) is 2.50. The van der Waals surface area contributed by atoms with Crippen LogP contribution in [0.4, 0.5) is 10.5 Å². The van der Waals surface area contributed by atoms with Gasteiger partial charge in [0.2, 0.25) is 15.9 Å². The molecule has 0 aliphatic carbocycles. The number of nitrogens with zero attached hydrogens (tertiary/aromatic N) is 2. The summed E-state index contributed by atoms with van der Waals surface area (Å²) < 4.78 is 24.3. The highest BCUT2D eigenvalue weighted by molar-refractivity contribution is 7.88. The van der Waals surface area contributed by atoms with Gasteiger partial charge in [-0.3, -0.25) is 15.0 Å². The zero-order chi connectivity index (χ0) is 18.6. The summed E-state index contributed by atoms with van der Waals surface area (Å²) in [6, 6.07) is 4.93. The van der Waals surface area contributed by atoms with Crippen LogP contribution in [0.25, 0.3) is 0 Å². The van der Waals surface area contributed by atoms with Crippen LogP contribution in [-0.2, 0) is 14.8 Å². The van der Waals surface area contributed by atoms with E-state index in [-0.39, 0.29) is 6.54 Å². The van der Waals surface area contributed by atoms with Crippen LogP contribution in [0.1, 0.15) is 11.1 Å². The van der Waals surface area contributed by atoms with Crippen molar-refractivity contribution in [1.29, 1.82) is 0 Å². The number of carbonyl (C=O) groups is 2. The molecule has 3 amide bonds. The van der Waals surface area contributed by atoms with E-state index in [0.717, 1.165) is 11.1 Å². The van der Waals surface area contributed by atoms with E-state index >= 15 is 0 Å². The zero-order valence-electron chi connectivity index (χ0n) is 14.7. The fourth-order valence-electron chi connectivity index (χ4n) is 2.57. The third kappa shape index (κ3) is 5.80. The Morgan fingerprint density at radius 1 is 1.08 bits per heavy atom. The molecule has 8 nitrogen and oxygen atoms in total. The fourth-order valence-corrected chi connectivity index (χ4v) is 3.40. The number of hydrogen-bond acceptors (Lipinski definition) is 5. The van der Waals surface area contributed by atoms with Gasteiger partial charge in [-0.25, -0.2) is 13.2 Å². The Bertz CT molecular complexity index is 755. The molecule has 2 N–H and O–H groups in total. The fraction of sp³-hybridized carbons (Fsp3) is 0.500. The Morgan fingerprint density at radius 2 is 1.72 bits per heavy atom. The van der Waals surface area contributed by atoms with Crippen molar-refractivity contribution in [3.05, 3.63) is 29.3 Å². The SMILES string of the molecule is Cc1ccc(NC(=O)NC(=O)CN2CCN(S(C)(=O)=O)CC2)cc1C. The van der Waals surface area contributed by atoms with Crippen molar-refractivity contribution in [2.24, 2.45) is 0 Å². The van der Waals surface area contributed by atoms with Gasteiger partial charge in [0.15, 0.2) is 0 Å². The van der Waals surface area contributed by atoms with Crippen LogP contribution >= 0.6 is 0 Å². The molecule has 138 valence electrons. The molecule has 1 aromatic rings. The van der Waals surface area contributed by atoms with Crippen molar-refractivity contribution >= 4 is 27.6 Å². The van der Waals surface area contributed by atoms with Crippen molar-refractivity contribution in [3.8, 4) is 0 Å². The predicted octanol–water partition coefficient (Wildman–Crippen LogP) is 0.529. The van der Waals surface area contributed by atoms with Gasteiger partial charge < -0.3 is 5.32 Å². The number of benzene rings is 1. The van der Waals surface area contributed by atoms with Crippen molar-refractivity contribution in [1.82, 2.24) is 14.5 Å². The lowest BCUT2D eigenvalue weighted by molar-refractivity contribution is -0.121. The number of nitrogens with one attached hydrogen (secondary N) is 2. The average molecular weight is 368 g/mol. The van der Waals surface area contributed by atoms with Gasteiger partial charge in [-0.15, -0.1) is 0 Å². The van der Waals surface area contributed by atoms with Crippen LogP contribution in [0.2, 0.25) is 0 Å². The van der Waals surface area contributed by atoms with Gasteiger partial charge in [0.05, 0.1) is 12.8 Å². The molecule has 1 heterocycles. The first-order valence-corrected chi connectivity index (χ1v) is 9.85. The van der Waals surface area contributed by atoms with E-state index in [2.05, 4.69) is 10.6 Å². The Labute approximate surface area is 148 Å².